The summed E-state index contributed by atoms with van der Waals surface area (Å²) in [6, 6.07) is 12.0. The van der Waals surface area contributed by atoms with Gasteiger partial charge in [0.2, 0.25) is 0 Å². The zero-order valence-corrected chi connectivity index (χ0v) is 30.6. The fourth-order valence-corrected chi connectivity index (χ4v) is 2.92. The van der Waals surface area contributed by atoms with Crippen molar-refractivity contribution in [3.8, 4) is 0 Å². The third-order valence-electron chi connectivity index (χ3n) is 5.78. The molecule has 0 aliphatic heterocycles. The van der Waals surface area contributed by atoms with E-state index in [0.29, 0.717) is 0 Å². The quantitative estimate of drug-likeness (QED) is 0.161. The van der Waals surface area contributed by atoms with Crippen LogP contribution in [0.5, 0.6) is 0 Å². The minimum absolute atomic E-state index is 0.829. The van der Waals surface area contributed by atoms with Gasteiger partial charge in [0, 0.05) is 61.0 Å². The second-order valence-electron chi connectivity index (χ2n) is 11.2. The molecule has 252 valence electrons. The second kappa shape index (κ2) is 23.0. The van der Waals surface area contributed by atoms with Gasteiger partial charge in [0.15, 0.2) is 0 Å². The standard InChI is InChI=1S/2C7H9N.4C6H8N2/c2*1-6-3-4-7(2)8-5-6;1-5-3-8-6(2)4-7-5;2*1-5-3-7-6(2)8-4-5;1-5-3-4-6(2)8-7-5/h2*3-5H,1-2H3;4*3-4H,1-2H3. The lowest BCUT2D eigenvalue weighted by Crippen LogP contribution is -1.86. The van der Waals surface area contributed by atoms with E-state index >= 15 is 0 Å². The average Bonchev–Trinajstić information content (AvgIpc) is 3.07. The Morgan fingerprint density at radius 2 is 0.521 bits per heavy atom. The Labute approximate surface area is 286 Å². The van der Waals surface area contributed by atoms with Crippen molar-refractivity contribution < 1.29 is 0 Å². The van der Waals surface area contributed by atoms with Crippen LogP contribution in [-0.2, 0) is 0 Å². The van der Waals surface area contributed by atoms with E-state index in [1.54, 1.807) is 12.4 Å². The lowest BCUT2D eigenvalue weighted by atomic mass is 10.3. The highest BCUT2D eigenvalue weighted by molar-refractivity contribution is 5.11. The van der Waals surface area contributed by atoms with Crippen LogP contribution in [0.25, 0.3) is 0 Å². The molecular formula is C38H50N10. The Bertz CT molecular complexity index is 1210. The van der Waals surface area contributed by atoms with Gasteiger partial charge in [0.05, 0.1) is 22.8 Å². The highest BCUT2D eigenvalue weighted by atomic mass is 15.1. The molecule has 6 rings (SSSR count). The van der Waals surface area contributed by atoms with Crippen LogP contribution in [0.4, 0.5) is 0 Å². The summed E-state index contributed by atoms with van der Waals surface area (Å²) >= 11 is 0. The Hall–Kier alpha value is -5.38. The fraction of sp³-hybridized carbons (Fsp3) is 0.316. The van der Waals surface area contributed by atoms with Crippen molar-refractivity contribution in [2.75, 3.05) is 0 Å². The van der Waals surface area contributed by atoms with Gasteiger partial charge in [-0.1, -0.05) is 12.1 Å². The second-order valence-corrected chi connectivity index (χ2v) is 11.2. The summed E-state index contributed by atoms with van der Waals surface area (Å²) < 4.78 is 0. The maximum absolute atomic E-state index is 4.08. The van der Waals surface area contributed by atoms with Crippen LogP contribution in [0.2, 0.25) is 0 Å². The highest BCUT2D eigenvalue weighted by Crippen LogP contribution is 1.96. The zero-order valence-electron chi connectivity index (χ0n) is 30.6. The summed E-state index contributed by atoms with van der Waals surface area (Å²) in [4.78, 5) is 32.1. The molecule has 0 radical (unpaired) electrons. The van der Waals surface area contributed by atoms with Gasteiger partial charge in [0.1, 0.15) is 11.6 Å². The Morgan fingerprint density at radius 1 is 0.250 bits per heavy atom. The number of hydrogen-bond donors (Lipinski definition) is 0. The first kappa shape index (κ1) is 40.6. The molecule has 0 aliphatic carbocycles. The number of aromatic nitrogens is 10. The van der Waals surface area contributed by atoms with E-state index in [1.165, 1.54) is 11.1 Å². The molecule has 0 bridgehead atoms. The smallest absolute Gasteiger partial charge is 0.125 e. The number of nitrogens with zero attached hydrogens (tertiary/aromatic N) is 10. The van der Waals surface area contributed by atoms with Crippen molar-refractivity contribution in [2.24, 2.45) is 0 Å². The molecule has 0 spiro atoms. The summed E-state index contributed by atoms with van der Waals surface area (Å²) in [6.45, 7) is 23.4. The van der Waals surface area contributed by atoms with E-state index in [2.05, 4.69) is 62.2 Å². The predicted molar refractivity (Wildman–Crippen MR) is 193 cm³/mol. The third kappa shape index (κ3) is 21.4. The van der Waals surface area contributed by atoms with E-state index in [0.717, 1.165) is 56.9 Å². The van der Waals surface area contributed by atoms with Crippen LogP contribution in [0.15, 0.2) is 86.0 Å². The predicted octanol–water partition coefficient (Wildman–Crippen LogP) is 7.77. The number of aryl methyl sites for hydroxylation is 12. The molecule has 0 aromatic carbocycles. The molecule has 10 heteroatoms. The lowest BCUT2D eigenvalue weighted by Gasteiger charge is -1.89. The van der Waals surface area contributed by atoms with Gasteiger partial charge in [-0.15, -0.1) is 0 Å². The molecule has 0 N–H and O–H groups in total. The summed E-state index contributed by atoms with van der Waals surface area (Å²) in [6.07, 6.45) is 14.5. The molecule has 0 saturated carbocycles. The van der Waals surface area contributed by atoms with Crippen molar-refractivity contribution in [1.82, 2.24) is 50.1 Å². The monoisotopic (exact) mass is 646 g/mol. The van der Waals surface area contributed by atoms with Gasteiger partial charge < -0.3 is 0 Å². The normalized spacial score (nSPS) is 9.25. The van der Waals surface area contributed by atoms with Crippen molar-refractivity contribution in [3.63, 3.8) is 0 Å². The first-order valence-electron chi connectivity index (χ1n) is 15.5. The van der Waals surface area contributed by atoms with E-state index < -0.39 is 0 Å². The number of hydrogen-bond acceptors (Lipinski definition) is 10. The summed E-state index contributed by atoms with van der Waals surface area (Å²) in [5.41, 5.74) is 10.7. The van der Waals surface area contributed by atoms with Crippen molar-refractivity contribution in [2.45, 2.75) is 83.1 Å². The maximum atomic E-state index is 4.08. The molecule has 0 saturated heterocycles. The first-order valence-corrected chi connectivity index (χ1v) is 15.5. The van der Waals surface area contributed by atoms with Crippen LogP contribution < -0.4 is 0 Å². The fourth-order valence-electron chi connectivity index (χ4n) is 2.92. The average molecular weight is 647 g/mol. The summed E-state index contributed by atoms with van der Waals surface area (Å²) in [7, 11) is 0. The van der Waals surface area contributed by atoms with Gasteiger partial charge in [-0.2, -0.15) is 10.2 Å². The molecule has 6 aromatic rings. The Morgan fingerprint density at radius 3 is 0.729 bits per heavy atom. The van der Waals surface area contributed by atoms with E-state index in [1.807, 2.05) is 145 Å². The largest absolute Gasteiger partial charge is 0.261 e. The lowest BCUT2D eigenvalue weighted by molar-refractivity contribution is 0.941. The van der Waals surface area contributed by atoms with Gasteiger partial charge in [-0.3, -0.25) is 19.9 Å². The SMILES string of the molecule is Cc1ccc(C)nc1.Cc1ccc(C)nc1.Cc1ccc(C)nn1.Cc1cnc(C)cn1.Cc1cnc(C)nc1.Cc1cnc(C)nc1. The summed E-state index contributed by atoms with van der Waals surface area (Å²) in [5.74, 6) is 1.66. The van der Waals surface area contributed by atoms with E-state index in [9.17, 15) is 0 Å². The minimum Gasteiger partial charge on any atom is -0.261 e. The Balaban J connectivity index is 0.000000288. The molecule has 48 heavy (non-hydrogen) atoms. The number of pyridine rings is 2. The van der Waals surface area contributed by atoms with Gasteiger partial charge in [0.25, 0.3) is 0 Å². The molecule has 10 nitrogen and oxygen atoms in total. The van der Waals surface area contributed by atoms with E-state index in [-0.39, 0.29) is 0 Å². The molecule has 0 aliphatic rings. The van der Waals surface area contributed by atoms with Crippen LogP contribution in [0.1, 0.15) is 68.1 Å². The molecule has 6 heterocycles. The number of rotatable bonds is 0. The highest BCUT2D eigenvalue weighted by Gasteiger charge is 1.86. The van der Waals surface area contributed by atoms with Crippen LogP contribution in [0, 0.1) is 83.1 Å². The third-order valence-corrected chi connectivity index (χ3v) is 5.78. The molecule has 0 unspecified atom stereocenters. The van der Waals surface area contributed by atoms with Crippen LogP contribution in [-0.4, -0.2) is 50.1 Å². The van der Waals surface area contributed by atoms with Crippen molar-refractivity contribution >= 4 is 0 Å². The van der Waals surface area contributed by atoms with Crippen LogP contribution >= 0.6 is 0 Å². The van der Waals surface area contributed by atoms with Crippen LogP contribution in [0.3, 0.4) is 0 Å². The van der Waals surface area contributed by atoms with Crippen molar-refractivity contribution in [1.29, 1.82) is 0 Å². The van der Waals surface area contributed by atoms with Gasteiger partial charge in [-0.05, 0) is 130 Å². The maximum Gasteiger partial charge on any atom is 0.125 e. The van der Waals surface area contributed by atoms with Gasteiger partial charge >= 0.3 is 0 Å². The van der Waals surface area contributed by atoms with Crippen molar-refractivity contribution in [3.05, 3.63) is 154 Å². The molecular weight excluding hydrogens is 596 g/mol. The summed E-state index contributed by atoms with van der Waals surface area (Å²) in [5, 5.41) is 7.66. The topological polar surface area (TPSA) is 129 Å². The van der Waals surface area contributed by atoms with Gasteiger partial charge in [-0.25, -0.2) is 19.9 Å². The molecule has 0 fully saturated rings. The Kier molecular flexibility index (Phi) is 19.5. The first-order chi connectivity index (χ1) is 22.7. The zero-order chi connectivity index (χ0) is 35.9. The molecule has 0 atom stereocenters. The molecule has 6 aromatic heterocycles. The molecule has 0 amide bonds. The van der Waals surface area contributed by atoms with E-state index in [4.69, 9.17) is 0 Å². The minimum atomic E-state index is 0.829.